The number of rotatable bonds is 11. The lowest BCUT2D eigenvalue weighted by Crippen LogP contribution is -2.45. The molecule has 0 aliphatic heterocycles. The van der Waals surface area contributed by atoms with Gasteiger partial charge in [0.25, 0.3) is 0 Å². The lowest BCUT2D eigenvalue weighted by atomic mass is 10.2. The summed E-state index contributed by atoms with van der Waals surface area (Å²) in [5.41, 5.74) is 0. The summed E-state index contributed by atoms with van der Waals surface area (Å²) in [5.74, 6) is 0. The van der Waals surface area contributed by atoms with Crippen LogP contribution in [-0.4, -0.2) is 33.5 Å². The highest BCUT2D eigenvalue weighted by atomic mass is 32.1. The van der Waals surface area contributed by atoms with Gasteiger partial charge in [-0.05, 0) is 51.8 Å². The van der Waals surface area contributed by atoms with Crippen molar-refractivity contribution in [2.24, 2.45) is 0 Å². The van der Waals surface area contributed by atoms with Crippen LogP contribution in [0.15, 0.2) is 0 Å². The molecule has 0 aromatic rings. The van der Waals surface area contributed by atoms with Crippen molar-refractivity contribution in [3.63, 3.8) is 0 Å². The van der Waals surface area contributed by atoms with Crippen LogP contribution in [0.4, 0.5) is 0 Å². The highest BCUT2D eigenvalue weighted by Crippen LogP contribution is 2.20. The van der Waals surface area contributed by atoms with Gasteiger partial charge in [0.15, 0.2) is 0 Å². The molecule has 17 heavy (non-hydrogen) atoms. The normalized spacial score (nSPS) is 11.8. The minimum absolute atomic E-state index is 0.651. The van der Waals surface area contributed by atoms with Crippen molar-refractivity contribution < 1.29 is 13.3 Å². The minimum Gasteiger partial charge on any atom is -0.374 e. The molecule has 0 radical (unpaired) electrons. The predicted molar refractivity (Wildman–Crippen MR) is 77.6 cm³/mol. The van der Waals surface area contributed by atoms with Crippen molar-refractivity contribution in [3.8, 4) is 0 Å². The molecule has 0 aliphatic carbocycles. The first-order chi connectivity index (χ1) is 8.10. The molecule has 0 saturated heterocycles. The van der Waals surface area contributed by atoms with Crippen LogP contribution in [0.25, 0.3) is 0 Å². The quantitative estimate of drug-likeness (QED) is 0.328. The van der Waals surface area contributed by atoms with Gasteiger partial charge in [-0.2, -0.15) is 0 Å². The number of hydrogen-bond acceptors (Lipinski definition) is 4. The molecule has 0 spiro atoms. The Hall–Kier alpha value is 0.187. The van der Waals surface area contributed by atoms with Gasteiger partial charge in [-0.1, -0.05) is 12.2 Å². The van der Waals surface area contributed by atoms with Gasteiger partial charge in [0.1, 0.15) is 0 Å². The zero-order valence-electron chi connectivity index (χ0n) is 11.6. The third-order valence-electron chi connectivity index (χ3n) is 2.35. The van der Waals surface area contributed by atoms with E-state index < -0.39 is 8.80 Å². The molecular weight excluding hydrogens is 252 g/mol. The van der Waals surface area contributed by atoms with Crippen LogP contribution in [0.1, 0.15) is 47.0 Å². The molecule has 0 rings (SSSR count). The average Bonchev–Trinajstić information content (AvgIpc) is 2.25. The topological polar surface area (TPSA) is 27.7 Å². The highest BCUT2D eigenvalue weighted by molar-refractivity contribution is 7.80. The van der Waals surface area contributed by atoms with E-state index in [1.165, 1.54) is 0 Å². The summed E-state index contributed by atoms with van der Waals surface area (Å²) in [6, 6.07) is 0.894. The van der Waals surface area contributed by atoms with Crippen LogP contribution >= 0.6 is 12.2 Å². The molecular formula is C12H26O3SSi. The Morgan fingerprint density at radius 1 is 0.941 bits per heavy atom. The molecule has 0 saturated carbocycles. The maximum absolute atomic E-state index is 5.78. The van der Waals surface area contributed by atoms with Crippen LogP contribution in [-0.2, 0) is 13.3 Å². The lowest BCUT2D eigenvalue weighted by Gasteiger charge is -2.28. The van der Waals surface area contributed by atoms with Gasteiger partial charge in [0.2, 0.25) is 0 Å². The molecule has 0 fully saturated rings. The fourth-order valence-corrected chi connectivity index (χ4v) is 4.55. The molecule has 0 N–H and O–H groups in total. The molecule has 0 atom stereocenters. The van der Waals surface area contributed by atoms with E-state index in [0.29, 0.717) is 19.8 Å². The first-order valence-electron chi connectivity index (χ1n) is 6.51. The van der Waals surface area contributed by atoms with Crippen LogP contribution in [0.5, 0.6) is 0 Å². The molecule has 0 bridgehead atoms. The van der Waals surface area contributed by atoms with E-state index in [9.17, 15) is 0 Å². The van der Waals surface area contributed by atoms with Gasteiger partial charge >= 0.3 is 8.80 Å². The fourth-order valence-electron chi connectivity index (χ4n) is 1.72. The molecule has 5 heteroatoms. The van der Waals surface area contributed by atoms with E-state index in [2.05, 4.69) is 0 Å². The third kappa shape index (κ3) is 7.99. The first-order valence-corrected chi connectivity index (χ1v) is 8.85. The molecule has 0 amide bonds. The van der Waals surface area contributed by atoms with Crippen LogP contribution in [0.2, 0.25) is 6.04 Å². The van der Waals surface area contributed by atoms with Gasteiger partial charge in [-0.25, -0.2) is 0 Å². The zero-order valence-corrected chi connectivity index (χ0v) is 13.4. The summed E-state index contributed by atoms with van der Waals surface area (Å²) < 4.78 is 17.3. The number of hydrogen-bond donors (Lipinski definition) is 0. The molecule has 0 aromatic carbocycles. The van der Waals surface area contributed by atoms with Gasteiger partial charge in [0.05, 0.1) is 0 Å². The van der Waals surface area contributed by atoms with E-state index in [-0.39, 0.29) is 0 Å². The van der Waals surface area contributed by atoms with Crippen molar-refractivity contribution in [1.82, 2.24) is 0 Å². The van der Waals surface area contributed by atoms with Crippen LogP contribution in [0.3, 0.4) is 0 Å². The zero-order chi connectivity index (χ0) is 13.1. The summed E-state index contributed by atoms with van der Waals surface area (Å²) in [6.07, 6.45) is 3.15. The van der Waals surface area contributed by atoms with E-state index in [4.69, 9.17) is 25.5 Å². The molecule has 0 aromatic heterocycles. The van der Waals surface area contributed by atoms with Crippen molar-refractivity contribution in [2.45, 2.75) is 53.0 Å². The molecule has 0 unspecified atom stereocenters. The van der Waals surface area contributed by atoms with E-state index >= 15 is 0 Å². The molecule has 3 nitrogen and oxygen atoms in total. The van der Waals surface area contributed by atoms with E-state index in [0.717, 1.165) is 30.2 Å². The minimum atomic E-state index is -2.41. The van der Waals surface area contributed by atoms with Crippen molar-refractivity contribution in [1.29, 1.82) is 0 Å². The van der Waals surface area contributed by atoms with Crippen molar-refractivity contribution in [3.05, 3.63) is 0 Å². The second kappa shape index (κ2) is 10.1. The Bertz CT molecular complexity index is 195. The Balaban J connectivity index is 4.18. The second-order valence-electron chi connectivity index (χ2n) is 3.89. The van der Waals surface area contributed by atoms with Gasteiger partial charge in [-0.3, -0.25) is 0 Å². The Morgan fingerprint density at radius 3 is 1.76 bits per heavy atom. The Labute approximate surface area is 112 Å². The van der Waals surface area contributed by atoms with Crippen LogP contribution < -0.4 is 0 Å². The van der Waals surface area contributed by atoms with Crippen molar-refractivity contribution in [2.75, 3.05) is 19.8 Å². The monoisotopic (exact) mass is 278 g/mol. The fraction of sp³-hybridized carbons (Fsp3) is 0.917. The van der Waals surface area contributed by atoms with Crippen LogP contribution in [0, 0.1) is 0 Å². The standard InChI is InChI=1S/C12H26O3SSi/c1-5-13-17(14-6-2,15-7-3)11-9-8-10-12(4)16/h5-11H2,1-4H3. The molecule has 0 aliphatic rings. The van der Waals surface area contributed by atoms with Crippen molar-refractivity contribution >= 4 is 25.9 Å². The number of unbranched alkanes of at least 4 members (excludes halogenated alkanes) is 1. The number of thiocarbonyl (C=S) groups is 1. The largest absolute Gasteiger partial charge is 0.500 e. The van der Waals surface area contributed by atoms with Gasteiger partial charge in [0, 0.05) is 25.9 Å². The van der Waals surface area contributed by atoms with Gasteiger partial charge < -0.3 is 13.3 Å². The van der Waals surface area contributed by atoms with E-state index in [1.54, 1.807) is 0 Å². The average molecular weight is 278 g/mol. The molecule has 102 valence electrons. The van der Waals surface area contributed by atoms with Gasteiger partial charge in [-0.15, -0.1) is 0 Å². The maximum Gasteiger partial charge on any atom is 0.500 e. The first kappa shape index (κ1) is 17.2. The Kier molecular flexibility index (Phi) is 10.3. The Morgan fingerprint density at radius 2 is 1.41 bits per heavy atom. The summed E-state index contributed by atoms with van der Waals surface area (Å²) in [4.78, 5) is 1.07. The summed E-state index contributed by atoms with van der Waals surface area (Å²) in [7, 11) is -2.41. The lowest BCUT2D eigenvalue weighted by molar-refractivity contribution is 0.0707. The summed E-state index contributed by atoms with van der Waals surface area (Å²) in [5, 5.41) is 0. The summed E-state index contributed by atoms with van der Waals surface area (Å²) in [6.45, 7) is 9.91. The smallest absolute Gasteiger partial charge is 0.374 e. The molecule has 0 heterocycles. The SMILES string of the molecule is CCO[Si](CCCCC(C)=S)(OCC)OCC. The second-order valence-corrected chi connectivity index (χ2v) is 7.32. The third-order valence-corrected chi connectivity index (χ3v) is 5.71. The predicted octanol–water partition coefficient (Wildman–Crippen LogP) is 3.59. The maximum atomic E-state index is 5.78. The summed E-state index contributed by atoms with van der Waals surface area (Å²) >= 11 is 5.07. The highest BCUT2D eigenvalue weighted by Gasteiger charge is 2.39. The van der Waals surface area contributed by atoms with E-state index in [1.807, 2.05) is 27.7 Å².